The minimum Gasteiger partial charge on any atom is -0.455 e. The topological polar surface area (TPSA) is 119 Å². The van der Waals surface area contributed by atoms with Gasteiger partial charge in [0, 0.05) is 48.4 Å². The number of oxazole rings is 1. The van der Waals surface area contributed by atoms with Gasteiger partial charge in [-0.1, -0.05) is 12.1 Å². The number of fused-ring (bicyclic) bond motifs is 2. The number of furan rings is 1. The molecule has 11 heteroatoms. The molecule has 0 aliphatic rings. The molecular formula is C31H25FN4O5S. The zero-order valence-electron chi connectivity index (χ0n) is 22.9. The lowest BCUT2D eigenvalue weighted by atomic mass is 9.97. The molecule has 0 fully saturated rings. The summed E-state index contributed by atoms with van der Waals surface area (Å²) in [6, 6.07) is 19.8. The lowest BCUT2D eigenvalue weighted by Crippen LogP contribution is -2.28. The van der Waals surface area contributed by atoms with Gasteiger partial charge in [0.15, 0.2) is 0 Å². The van der Waals surface area contributed by atoms with Crippen LogP contribution < -0.4 is 9.62 Å². The molecule has 42 heavy (non-hydrogen) atoms. The van der Waals surface area contributed by atoms with E-state index in [1.54, 1.807) is 37.4 Å². The monoisotopic (exact) mass is 584 g/mol. The Morgan fingerprint density at radius 1 is 0.976 bits per heavy atom. The molecule has 9 nitrogen and oxygen atoms in total. The largest absolute Gasteiger partial charge is 0.455 e. The lowest BCUT2D eigenvalue weighted by molar-refractivity contribution is 0.0964. The number of nitrogens with one attached hydrogen (secondary N) is 1. The van der Waals surface area contributed by atoms with E-state index in [0.717, 1.165) is 0 Å². The normalized spacial score (nSPS) is 11.7. The van der Waals surface area contributed by atoms with Crippen LogP contribution in [0, 0.1) is 5.82 Å². The van der Waals surface area contributed by atoms with E-state index >= 15 is 0 Å². The first-order valence-electron chi connectivity index (χ1n) is 13.1. The number of halogens is 1. The maximum Gasteiger partial charge on any atom is 0.255 e. The average Bonchev–Trinajstić information content (AvgIpc) is 3.62. The zero-order chi connectivity index (χ0) is 29.6. The molecule has 0 spiro atoms. The van der Waals surface area contributed by atoms with Gasteiger partial charge in [-0.2, -0.15) is 0 Å². The van der Waals surface area contributed by atoms with Gasteiger partial charge < -0.3 is 14.2 Å². The third kappa shape index (κ3) is 4.67. The summed E-state index contributed by atoms with van der Waals surface area (Å²) in [5.74, 6) is -0.368. The molecule has 0 saturated carbocycles. The summed E-state index contributed by atoms with van der Waals surface area (Å²) in [5, 5.41) is 3.11. The van der Waals surface area contributed by atoms with Gasteiger partial charge in [0.05, 0.1) is 17.0 Å². The number of amides is 1. The molecule has 0 aliphatic carbocycles. The van der Waals surface area contributed by atoms with Crippen molar-refractivity contribution in [1.82, 2.24) is 15.3 Å². The Labute approximate surface area is 240 Å². The number of rotatable bonds is 7. The van der Waals surface area contributed by atoms with Crippen LogP contribution in [-0.2, 0) is 10.0 Å². The molecule has 0 saturated heterocycles. The number of hydrogen-bond acceptors (Lipinski definition) is 7. The molecule has 1 amide bonds. The maximum atomic E-state index is 13.7. The molecule has 0 aliphatic heterocycles. The molecular weight excluding hydrogens is 559 g/mol. The number of hydrogen-bond donors (Lipinski definition) is 1. The fourth-order valence-corrected chi connectivity index (χ4v) is 5.67. The first kappa shape index (κ1) is 27.2. The van der Waals surface area contributed by atoms with E-state index in [1.807, 2.05) is 24.3 Å². The minimum absolute atomic E-state index is 0.126. The Morgan fingerprint density at radius 3 is 2.45 bits per heavy atom. The molecule has 1 N–H and O–H groups in total. The van der Waals surface area contributed by atoms with E-state index in [-0.39, 0.29) is 17.1 Å². The van der Waals surface area contributed by atoms with Crippen molar-refractivity contribution in [3.05, 3.63) is 90.4 Å². The van der Waals surface area contributed by atoms with Gasteiger partial charge in [0.25, 0.3) is 5.91 Å². The first-order valence-corrected chi connectivity index (χ1v) is 14.7. The van der Waals surface area contributed by atoms with Crippen LogP contribution in [0.15, 0.2) is 87.8 Å². The number of carbonyl (C=O) groups is 1. The predicted molar refractivity (Wildman–Crippen MR) is 159 cm³/mol. The number of sulfonamides is 1. The van der Waals surface area contributed by atoms with E-state index in [1.165, 1.54) is 42.7 Å². The summed E-state index contributed by atoms with van der Waals surface area (Å²) < 4.78 is 53.0. The van der Waals surface area contributed by atoms with Crippen molar-refractivity contribution in [2.24, 2.45) is 0 Å². The molecule has 0 atom stereocenters. The van der Waals surface area contributed by atoms with Crippen molar-refractivity contribution < 1.29 is 26.4 Å². The quantitative estimate of drug-likeness (QED) is 0.235. The number of carbonyl (C=O) groups excluding carboxylic acids is 1. The van der Waals surface area contributed by atoms with Crippen molar-refractivity contribution in [3.8, 4) is 33.9 Å². The Balaban J connectivity index is 1.61. The smallest absolute Gasteiger partial charge is 0.255 e. The summed E-state index contributed by atoms with van der Waals surface area (Å²) in [5.41, 5.74) is 4.24. The highest BCUT2D eigenvalue weighted by molar-refractivity contribution is 7.92. The Morgan fingerprint density at radius 2 is 1.74 bits per heavy atom. The van der Waals surface area contributed by atoms with Gasteiger partial charge >= 0.3 is 0 Å². The third-order valence-electron chi connectivity index (χ3n) is 7.08. The van der Waals surface area contributed by atoms with Crippen molar-refractivity contribution in [3.63, 3.8) is 0 Å². The second-order valence-electron chi connectivity index (χ2n) is 9.55. The zero-order valence-corrected chi connectivity index (χ0v) is 23.7. The summed E-state index contributed by atoms with van der Waals surface area (Å²) in [4.78, 5) is 21.9. The molecule has 6 aromatic rings. The van der Waals surface area contributed by atoms with Crippen LogP contribution in [0.1, 0.15) is 17.3 Å². The Hall–Kier alpha value is -5.03. The van der Waals surface area contributed by atoms with Gasteiger partial charge in [0.1, 0.15) is 22.7 Å². The van der Waals surface area contributed by atoms with E-state index in [0.29, 0.717) is 56.0 Å². The van der Waals surface area contributed by atoms with Gasteiger partial charge in [-0.15, -0.1) is 0 Å². The highest BCUT2D eigenvalue weighted by atomic mass is 32.2. The summed E-state index contributed by atoms with van der Waals surface area (Å²) in [7, 11) is -0.699. The van der Waals surface area contributed by atoms with E-state index in [2.05, 4.69) is 15.3 Å². The van der Waals surface area contributed by atoms with Crippen LogP contribution in [0.25, 0.3) is 56.1 Å². The van der Waals surface area contributed by atoms with Crippen molar-refractivity contribution in [2.45, 2.75) is 6.92 Å². The number of nitrogens with zero attached hydrogens (tertiary/aromatic N) is 3. The number of benzene rings is 3. The average molecular weight is 585 g/mol. The van der Waals surface area contributed by atoms with Gasteiger partial charge in [-0.3, -0.25) is 9.10 Å². The predicted octanol–water partition coefficient (Wildman–Crippen LogP) is 6.25. The highest BCUT2D eigenvalue weighted by Crippen LogP contribution is 2.42. The van der Waals surface area contributed by atoms with Crippen LogP contribution in [-0.4, -0.2) is 44.1 Å². The number of anilines is 1. The van der Waals surface area contributed by atoms with Gasteiger partial charge in [-0.25, -0.2) is 22.8 Å². The number of pyridine rings is 1. The third-order valence-corrected chi connectivity index (χ3v) is 8.84. The fourth-order valence-electron chi connectivity index (χ4n) is 4.84. The molecule has 3 aromatic heterocycles. The lowest BCUT2D eigenvalue weighted by Gasteiger charge is -2.22. The summed E-state index contributed by atoms with van der Waals surface area (Å²) in [6.45, 7) is 1.56. The number of aromatic nitrogens is 2. The van der Waals surface area contributed by atoms with E-state index in [4.69, 9.17) is 8.83 Å². The SMILES string of the molecule is CCS(=O)(=O)N(C)c1cc2oc(-c3ccc(F)cc3)c(C(=O)NC)c2cc1-c1cccc(-c2nc3cccnc3o2)c1. The molecule has 0 bridgehead atoms. The van der Waals surface area contributed by atoms with Gasteiger partial charge in [-0.05, 0) is 67.1 Å². The summed E-state index contributed by atoms with van der Waals surface area (Å²) >= 11 is 0. The van der Waals surface area contributed by atoms with Crippen LogP contribution in [0.3, 0.4) is 0 Å². The van der Waals surface area contributed by atoms with Gasteiger partial charge in [0.2, 0.25) is 21.6 Å². The highest BCUT2D eigenvalue weighted by Gasteiger charge is 2.27. The fraction of sp³-hybridized carbons (Fsp3) is 0.129. The first-order chi connectivity index (χ1) is 20.2. The van der Waals surface area contributed by atoms with Crippen LogP contribution in [0.2, 0.25) is 0 Å². The maximum absolute atomic E-state index is 13.7. The molecule has 3 heterocycles. The minimum atomic E-state index is -3.68. The second-order valence-corrected chi connectivity index (χ2v) is 11.8. The van der Waals surface area contributed by atoms with Crippen molar-refractivity contribution >= 4 is 43.8 Å². The van der Waals surface area contributed by atoms with Crippen LogP contribution in [0.5, 0.6) is 0 Å². The van der Waals surface area contributed by atoms with E-state index in [9.17, 15) is 17.6 Å². The molecule has 3 aromatic carbocycles. The molecule has 6 rings (SSSR count). The van der Waals surface area contributed by atoms with E-state index < -0.39 is 21.7 Å². The molecule has 0 radical (unpaired) electrons. The van der Waals surface area contributed by atoms with Crippen molar-refractivity contribution in [1.29, 1.82) is 0 Å². The summed E-state index contributed by atoms with van der Waals surface area (Å²) in [6.07, 6.45) is 1.62. The molecule has 0 unspecified atom stereocenters. The molecule has 212 valence electrons. The Bertz CT molecular complexity index is 2050. The Kier molecular flexibility index (Phi) is 6.74. The second kappa shape index (κ2) is 10.4. The van der Waals surface area contributed by atoms with Crippen molar-refractivity contribution in [2.75, 3.05) is 24.2 Å². The van der Waals surface area contributed by atoms with Crippen LogP contribution in [0.4, 0.5) is 10.1 Å². The standard InChI is InChI=1S/C31H25FN4O5S/c1-4-42(38,39)36(3)25-17-26-23(27(29(37)33-2)28(40-26)18-10-12-21(32)13-11-18)16-22(25)19-7-5-8-20(15-19)30-35-24-9-6-14-34-31(24)41-30/h5-17H,4H2,1-3H3,(H,33,37). The van der Waals surface area contributed by atoms with Crippen LogP contribution >= 0.6 is 0 Å².